The number of hydrogen-bond donors (Lipinski definition) is 2. The number of carboxylic acids is 1. The van der Waals surface area contributed by atoms with E-state index in [2.05, 4.69) is 5.32 Å². The molecule has 1 aromatic heterocycles. The fourth-order valence-electron chi connectivity index (χ4n) is 2.33. The Morgan fingerprint density at radius 3 is 2.73 bits per heavy atom. The zero-order valence-electron chi connectivity index (χ0n) is 8.69. The third-order valence-electron chi connectivity index (χ3n) is 3.34. The molecule has 0 saturated heterocycles. The van der Waals surface area contributed by atoms with Crippen LogP contribution in [0.15, 0.2) is 17.5 Å². The monoisotopic (exact) mass is 225 g/mol. The average molecular weight is 225 g/mol. The third-order valence-corrected chi connectivity index (χ3v) is 4.28. The SMILES string of the molecule is CNC(c1cccs1)C1(C(=O)O)CCC1. The van der Waals surface area contributed by atoms with E-state index in [0.29, 0.717) is 0 Å². The third kappa shape index (κ3) is 1.58. The number of carbonyl (C=O) groups is 1. The average Bonchev–Trinajstić information content (AvgIpc) is 2.62. The van der Waals surface area contributed by atoms with Gasteiger partial charge in [-0.15, -0.1) is 11.3 Å². The first-order valence-corrected chi connectivity index (χ1v) is 6.03. The van der Waals surface area contributed by atoms with Gasteiger partial charge in [0.05, 0.1) is 11.5 Å². The van der Waals surface area contributed by atoms with Gasteiger partial charge in [-0.3, -0.25) is 4.79 Å². The molecule has 15 heavy (non-hydrogen) atoms. The van der Waals surface area contributed by atoms with E-state index in [1.165, 1.54) is 0 Å². The van der Waals surface area contributed by atoms with Crippen molar-refractivity contribution in [2.45, 2.75) is 25.3 Å². The summed E-state index contributed by atoms with van der Waals surface area (Å²) >= 11 is 1.62. The zero-order valence-corrected chi connectivity index (χ0v) is 9.51. The smallest absolute Gasteiger partial charge is 0.311 e. The van der Waals surface area contributed by atoms with Crippen molar-refractivity contribution in [1.29, 1.82) is 0 Å². The van der Waals surface area contributed by atoms with Gasteiger partial charge in [0.2, 0.25) is 0 Å². The lowest BCUT2D eigenvalue weighted by Crippen LogP contribution is -2.47. The molecule has 1 saturated carbocycles. The molecule has 1 aromatic rings. The van der Waals surface area contributed by atoms with Crippen LogP contribution in [0.25, 0.3) is 0 Å². The minimum Gasteiger partial charge on any atom is -0.481 e. The fraction of sp³-hybridized carbons (Fsp3) is 0.545. The van der Waals surface area contributed by atoms with E-state index in [1.54, 1.807) is 11.3 Å². The second-order valence-electron chi connectivity index (χ2n) is 4.05. The van der Waals surface area contributed by atoms with Crippen LogP contribution in [0.5, 0.6) is 0 Å². The Balaban J connectivity index is 2.29. The molecule has 0 spiro atoms. The summed E-state index contributed by atoms with van der Waals surface area (Å²) in [6.07, 6.45) is 2.59. The van der Waals surface area contributed by atoms with Crippen molar-refractivity contribution in [2.75, 3.05) is 7.05 Å². The van der Waals surface area contributed by atoms with Crippen LogP contribution in [0.3, 0.4) is 0 Å². The van der Waals surface area contributed by atoms with Crippen LogP contribution in [-0.2, 0) is 4.79 Å². The number of nitrogens with one attached hydrogen (secondary N) is 1. The highest BCUT2D eigenvalue weighted by Crippen LogP contribution is 2.51. The predicted molar refractivity (Wildman–Crippen MR) is 60.0 cm³/mol. The zero-order chi connectivity index (χ0) is 10.9. The Bertz CT molecular complexity index is 343. The summed E-state index contributed by atoms with van der Waals surface area (Å²) in [5, 5.41) is 14.5. The van der Waals surface area contributed by atoms with Crippen molar-refractivity contribution in [3.8, 4) is 0 Å². The quantitative estimate of drug-likeness (QED) is 0.826. The molecule has 4 heteroatoms. The van der Waals surface area contributed by atoms with E-state index < -0.39 is 11.4 Å². The van der Waals surface area contributed by atoms with Gasteiger partial charge < -0.3 is 10.4 Å². The lowest BCUT2D eigenvalue weighted by molar-refractivity contribution is -0.157. The molecule has 82 valence electrons. The lowest BCUT2D eigenvalue weighted by atomic mass is 9.63. The summed E-state index contributed by atoms with van der Waals surface area (Å²) in [5.41, 5.74) is -0.570. The molecular weight excluding hydrogens is 210 g/mol. The highest BCUT2D eigenvalue weighted by molar-refractivity contribution is 7.10. The van der Waals surface area contributed by atoms with E-state index in [-0.39, 0.29) is 6.04 Å². The maximum atomic E-state index is 11.4. The maximum absolute atomic E-state index is 11.4. The number of hydrogen-bond acceptors (Lipinski definition) is 3. The minimum atomic E-state index is -0.665. The first-order chi connectivity index (χ1) is 7.20. The van der Waals surface area contributed by atoms with Gasteiger partial charge in [-0.2, -0.15) is 0 Å². The van der Waals surface area contributed by atoms with Crippen molar-refractivity contribution in [1.82, 2.24) is 5.32 Å². The second kappa shape index (κ2) is 3.94. The van der Waals surface area contributed by atoms with E-state index in [9.17, 15) is 9.90 Å². The normalized spacial score (nSPS) is 20.6. The van der Waals surface area contributed by atoms with Gasteiger partial charge in [0.25, 0.3) is 0 Å². The summed E-state index contributed by atoms with van der Waals surface area (Å²) in [7, 11) is 1.84. The van der Waals surface area contributed by atoms with Crippen LogP contribution in [0.1, 0.15) is 30.2 Å². The molecule has 1 aliphatic carbocycles. The number of carboxylic acid groups (broad SMARTS) is 1. The molecule has 2 N–H and O–H groups in total. The molecule has 1 heterocycles. The van der Waals surface area contributed by atoms with E-state index in [0.717, 1.165) is 24.1 Å². The van der Waals surface area contributed by atoms with Crippen molar-refractivity contribution >= 4 is 17.3 Å². The molecule has 0 aromatic carbocycles. The second-order valence-corrected chi connectivity index (χ2v) is 5.03. The number of aliphatic carboxylic acids is 1. The Morgan fingerprint density at radius 1 is 1.67 bits per heavy atom. The molecule has 1 aliphatic rings. The number of rotatable bonds is 4. The van der Waals surface area contributed by atoms with Crippen molar-refractivity contribution in [3.63, 3.8) is 0 Å². The van der Waals surface area contributed by atoms with Crippen LogP contribution in [0.2, 0.25) is 0 Å². The molecule has 0 aliphatic heterocycles. The molecule has 0 bridgehead atoms. The minimum absolute atomic E-state index is 0.0382. The summed E-state index contributed by atoms with van der Waals surface area (Å²) in [4.78, 5) is 12.5. The summed E-state index contributed by atoms with van der Waals surface area (Å²) < 4.78 is 0. The van der Waals surface area contributed by atoms with Crippen LogP contribution < -0.4 is 5.32 Å². The topological polar surface area (TPSA) is 49.3 Å². The standard InChI is InChI=1S/C11H15NO2S/c1-12-9(8-4-2-7-15-8)11(10(13)14)5-3-6-11/h2,4,7,9,12H,3,5-6H2,1H3,(H,13,14). The van der Waals surface area contributed by atoms with Crippen LogP contribution >= 0.6 is 11.3 Å². The van der Waals surface area contributed by atoms with Gasteiger partial charge in [0, 0.05) is 4.88 Å². The van der Waals surface area contributed by atoms with E-state index >= 15 is 0 Å². The molecule has 1 atom stereocenters. The fourth-order valence-corrected chi connectivity index (χ4v) is 3.28. The van der Waals surface area contributed by atoms with Crippen molar-refractivity contribution < 1.29 is 9.90 Å². The molecule has 3 nitrogen and oxygen atoms in total. The van der Waals surface area contributed by atoms with Gasteiger partial charge in [0.1, 0.15) is 0 Å². The maximum Gasteiger partial charge on any atom is 0.311 e. The molecule has 0 amide bonds. The lowest BCUT2D eigenvalue weighted by Gasteiger charge is -2.43. The molecule has 0 radical (unpaired) electrons. The molecule has 2 rings (SSSR count). The predicted octanol–water partition coefficient (Wildman–Crippen LogP) is 2.26. The van der Waals surface area contributed by atoms with Crippen LogP contribution in [0.4, 0.5) is 0 Å². The van der Waals surface area contributed by atoms with Gasteiger partial charge in [0.15, 0.2) is 0 Å². The summed E-state index contributed by atoms with van der Waals surface area (Å²) in [6.45, 7) is 0. The van der Waals surface area contributed by atoms with Gasteiger partial charge in [-0.05, 0) is 31.3 Å². The highest BCUT2D eigenvalue weighted by atomic mass is 32.1. The van der Waals surface area contributed by atoms with Crippen LogP contribution in [0, 0.1) is 5.41 Å². The largest absolute Gasteiger partial charge is 0.481 e. The first kappa shape index (κ1) is 10.6. The van der Waals surface area contributed by atoms with E-state index in [1.807, 2.05) is 24.6 Å². The Kier molecular flexibility index (Phi) is 2.80. The Labute approximate surface area is 93.1 Å². The van der Waals surface area contributed by atoms with Gasteiger partial charge in [-0.1, -0.05) is 12.5 Å². The number of thiophene rings is 1. The van der Waals surface area contributed by atoms with Crippen molar-refractivity contribution in [2.24, 2.45) is 5.41 Å². The highest BCUT2D eigenvalue weighted by Gasteiger charge is 2.51. The van der Waals surface area contributed by atoms with Gasteiger partial charge in [-0.25, -0.2) is 0 Å². The van der Waals surface area contributed by atoms with Crippen LogP contribution in [-0.4, -0.2) is 18.1 Å². The summed E-state index contributed by atoms with van der Waals surface area (Å²) in [5.74, 6) is -0.665. The molecule has 1 unspecified atom stereocenters. The first-order valence-electron chi connectivity index (χ1n) is 5.15. The molecular formula is C11H15NO2S. The Hall–Kier alpha value is -0.870. The summed E-state index contributed by atoms with van der Waals surface area (Å²) in [6, 6.07) is 3.94. The van der Waals surface area contributed by atoms with Gasteiger partial charge >= 0.3 is 5.97 Å². The Morgan fingerprint density at radius 2 is 2.40 bits per heavy atom. The van der Waals surface area contributed by atoms with E-state index in [4.69, 9.17) is 0 Å². The van der Waals surface area contributed by atoms with Crippen molar-refractivity contribution in [3.05, 3.63) is 22.4 Å². The molecule has 1 fully saturated rings.